The van der Waals surface area contributed by atoms with Crippen LogP contribution in [0.2, 0.25) is 0 Å². The fourth-order valence-corrected chi connectivity index (χ4v) is 3.79. The van der Waals surface area contributed by atoms with E-state index in [0.29, 0.717) is 0 Å². The molecular weight excluding hydrogens is 306 g/mol. The smallest absolute Gasteiger partial charge is 0.135 e. The lowest BCUT2D eigenvalue weighted by molar-refractivity contribution is 0.690. The minimum absolute atomic E-state index is 0.895. The maximum atomic E-state index is 5.02. The minimum Gasteiger partial charge on any atom is -0.355 e. The number of benzene rings is 2. The summed E-state index contributed by atoms with van der Waals surface area (Å²) in [4.78, 5) is 2.36. The third-order valence-corrected chi connectivity index (χ3v) is 5.00. The average Bonchev–Trinajstić information content (AvgIpc) is 2.86. The van der Waals surface area contributed by atoms with Crippen molar-refractivity contribution in [3.63, 3.8) is 0 Å². The molecule has 1 aromatic heterocycles. The van der Waals surface area contributed by atoms with Crippen LogP contribution in [0, 0.1) is 0 Å². The number of rotatable bonds is 4. The van der Waals surface area contributed by atoms with Crippen LogP contribution in [-0.2, 0) is 19.4 Å². The zero-order valence-corrected chi connectivity index (χ0v) is 14.9. The summed E-state index contributed by atoms with van der Waals surface area (Å²) in [6.07, 6.45) is 6.06. The molecule has 0 fully saturated rings. The predicted octanol–water partition coefficient (Wildman–Crippen LogP) is 4.78. The van der Waals surface area contributed by atoms with Gasteiger partial charge in [0.05, 0.1) is 11.4 Å². The van der Waals surface area contributed by atoms with E-state index >= 15 is 0 Å². The fraction of sp³-hybridized carbons (Fsp3) is 0.318. The quantitative estimate of drug-likeness (QED) is 0.642. The maximum absolute atomic E-state index is 5.02. The Balaban J connectivity index is 1.77. The number of anilines is 1. The molecule has 3 nitrogen and oxygen atoms in total. The van der Waals surface area contributed by atoms with Crippen LogP contribution in [-0.4, -0.2) is 16.8 Å². The van der Waals surface area contributed by atoms with Crippen molar-refractivity contribution < 1.29 is 0 Å². The van der Waals surface area contributed by atoms with Gasteiger partial charge in [-0.25, -0.2) is 4.68 Å². The number of nitrogens with zero attached hydrogens (tertiary/aromatic N) is 3. The zero-order valence-electron chi connectivity index (χ0n) is 14.9. The van der Waals surface area contributed by atoms with Crippen molar-refractivity contribution in [2.75, 3.05) is 11.9 Å². The molecule has 4 rings (SSSR count). The van der Waals surface area contributed by atoms with Crippen LogP contribution in [0.3, 0.4) is 0 Å². The molecule has 1 aliphatic rings. The largest absolute Gasteiger partial charge is 0.355 e. The summed E-state index contributed by atoms with van der Waals surface area (Å²) in [5.41, 5.74) is 5.20. The van der Waals surface area contributed by atoms with Crippen LogP contribution < -0.4 is 4.90 Å². The summed E-state index contributed by atoms with van der Waals surface area (Å²) in [5, 5.41) is 5.02. The molecule has 0 aliphatic heterocycles. The van der Waals surface area contributed by atoms with Gasteiger partial charge >= 0.3 is 0 Å². The highest BCUT2D eigenvalue weighted by atomic mass is 15.4. The van der Waals surface area contributed by atoms with Crippen molar-refractivity contribution in [2.24, 2.45) is 0 Å². The Morgan fingerprint density at radius 2 is 1.56 bits per heavy atom. The Morgan fingerprint density at radius 3 is 2.32 bits per heavy atom. The van der Waals surface area contributed by atoms with E-state index in [4.69, 9.17) is 5.10 Å². The van der Waals surface area contributed by atoms with Gasteiger partial charge < -0.3 is 4.90 Å². The highest BCUT2D eigenvalue weighted by Gasteiger charge is 2.23. The summed E-state index contributed by atoms with van der Waals surface area (Å²) in [6.45, 7) is 0.895. The fourth-order valence-electron chi connectivity index (χ4n) is 3.79. The molecule has 1 heterocycles. The Kier molecular flexibility index (Phi) is 4.55. The van der Waals surface area contributed by atoms with Gasteiger partial charge in [-0.15, -0.1) is 0 Å². The van der Waals surface area contributed by atoms with Gasteiger partial charge in [-0.1, -0.05) is 55.0 Å². The van der Waals surface area contributed by atoms with E-state index in [1.807, 2.05) is 0 Å². The molecule has 0 unspecified atom stereocenters. The maximum Gasteiger partial charge on any atom is 0.135 e. The van der Waals surface area contributed by atoms with Crippen molar-refractivity contribution >= 4 is 5.82 Å². The molecule has 2 aromatic carbocycles. The van der Waals surface area contributed by atoms with Crippen LogP contribution in [0.1, 0.15) is 36.1 Å². The molecule has 3 aromatic rings. The molecular formula is C22H25N3. The minimum atomic E-state index is 0.895. The van der Waals surface area contributed by atoms with Crippen LogP contribution in [0.15, 0.2) is 60.7 Å². The molecule has 3 heteroatoms. The number of fused-ring (bicyclic) bond motifs is 1. The van der Waals surface area contributed by atoms with E-state index in [9.17, 15) is 0 Å². The van der Waals surface area contributed by atoms with Crippen molar-refractivity contribution in [2.45, 2.75) is 38.6 Å². The molecule has 0 bridgehead atoms. The number of aromatic nitrogens is 2. The highest BCUT2D eigenvalue weighted by molar-refractivity contribution is 5.55. The summed E-state index contributed by atoms with van der Waals surface area (Å²) in [5.74, 6) is 1.26. The third-order valence-electron chi connectivity index (χ3n) is 5.00. The molecule has 0 radical (unpaired) electrons. The first kappa shape index (κ1) is 15.9. The van der Waals surface area contributed by atoms with E-state index in [-0.39, 0.29) is 0 Å². The van der Waals surface area contributed by atoms with E-state index in [1.54, 1.807) is 0 Å². The third kappa shape index (κ3) is 3.32. The van der Waals surface area contributed by atoms with Gasteiger partial charge in [0.15, 0.2) is 0 Å². The summed E-state index contributed by atoms with van der Waals surface area (Å²) in [6, 6.07) is 21.2. The summed E-state index contributed by atoms with van der Waals surface area (Å²) >= 11 is 0. The van der Waals surface area contributed by atoms with E-state index < -0.39 is 0 Å². The first-order valence-electron chi connectivity index (χ1n) is 9.24. The van der Waals surface area contributed by atoms with Crippen LogP contribution in [0.4, 0.5) is 5.82 Å². The van der Waals surface area contributed by atoms with Crippen LogP contribution >= 0.6 is 0 Å². The number of aryl methyl sites for hydroxylation is 1. The first-order valence-corrected chi connectivity index (χ1v) is 9.24. The average molecular weight is 331 g/mol. The van der Waals surface area contributed by atoms with Gasteiger partial charge in [0, 0.05) is 19.2 Å². The molecule has 0 amide bonds. The molecule has 0 spiro atoms. The van der Waals surface area contributed by atoms with Gasteiger partial charge in [0.1, 0.15) is 5.82 Å². The Labute approximate surface area is 149 Å². The van der Waals surface area contributed by atoms with Gasteiger partial charge in [-0.3, -0.25) is 0 Å². The Bertz CT molecular complexity index is 821. The number of para-hydroxylation sites is 1. The van der Waals surface area contributed by atoms with Gasteiger partial charge in [0.2, 0.25) is 0 Å². The van der Waals surface area contributed by atoms with Crippen molar-refractivity contribution in [3.05, 3.63) is 77.5 Å². The summed E-state index contributed by atoms with van der Waals surface area (Å²) in [7, 11) is 2.19. The monoisotopic (exact) mass is 331 g/mol. The molecule has 0 atom stereocenters. The Hall–Kier alpha value is -2.55. The van der Waals surface area contributed by atoms with Gasteiger partial charge in [-0.2, -0.15) is 5.10 Å². The summed E-state index contributed by atoms with van der Waals surface area (Å²) < 4.78 is 2.15. The lowest BCUT2D eigenvalue weighted by Gasteiger charge is -2.22. The zero-order chi connectivity index (χ0) is 17.1. The second kappa shape index (κ2) is 7.14. The van der Waals surface area contributed by atoms with Crippen molar-refractivity contribution in [1.29, 1.82) is 0 Å². The van der Waals surface area contributed by atoms with Crippen LogP contribution in [0.5, 0.6) is 0 Å². The molecule has 0 N–H and O–H groups in total. The first-order chi connectivity index (χ1) is 12.3. The second-order valence-corrected chi connectivity index (χ2v) is 6.90. The number of hydrogen-bond acceptors (Lipinski definition) is 2. The van der Waals surface area contributed by atoms with Crippen molar-refractivity contribution in [3.8, 4) is 5.69 Å². The highest BCUT2D eigenvalue weighted by Crippen LogP contribution is 2.32. The SMILES string of the molecule is CN(Cc1ccccc1)c1c2c(nn1-c1ccccc1)CCCCC2. The predicted molar refractivity (Wildman–Crippen MR) is 103 cm³/mol. The van der Waals surface area contributed by atoms with E-state index in [0.717, 1.165) is 25.1 Å². The molecule has 0 saturated heterocycles. The molecule has 1 aliphatic carbocycles. The van der Waals surface area contributed by atoms with Crippen LogP contribution in [0.25, 0.3) is 5.69 Å². The topological polar surface area (TPSA) is 21.1 Å². The molecule has 128 valence electrons. The lowest BCUT2D eigenvalue weighted by atomic mass is 10.1. The standard InChI is InChI=1S/C22H25N3/c1-24(17-18-11-5-2-6-12-18)22-20-15-9-4-10-16-21(20)23-25(22)19-13-7-3-8-14-19/h2-3,5-8,11-14H,4,9-10,15-17H2,1H3. The van der Waals surface area contributed by atoms with E-state index in [1.165, 1.54) is 41.9 Å². The Morgan fingerprint density at radius 1 is 0.880 bits per heavy atom. The normalized spacial score (nSPS) is 14.0. The number of hydrogen-bond donors (Lipinski definition) is 0. The molecule has 25 heavy (non-hydrogen) atoms. The lowest BCUT2D eigenvalue weighted by Crippen LogP contribution is -2.21. The van der Waals surface area contributed by atoms with Crippen molar-refractivity contribution in [1.82, 2.24) is 9.78 Å². The molecule has 0 saturated carbocycles. The van der Waals surface area contributed by atoms with E-state index in [2.05, 4.69) is 77.3 Å². The van der Waals surface area contributed by atoms with Gasteiger partial charge in [-0.05, 0) is 43.4 Å². The van der Waals surface area contributed by atoms with Gasteiger partial charge in [0.25, 0.3) is 0 Å². The second-order valence-electron chi connectivity index (χ2n) is 6.90.